The van der Waals surface area contributed by atoms with E-state index in [4.69, 9.17) is 14.0 Å². The highest BCUT2D eigenvalue weighted by Gasteiger charge is 2.25. The maximum Gasteiger partial charge on any atom is 0.497 e. The summed E-state index contributed by atoms with van der Waals surface area (Å²) in [5.74, 6) is 0. The first-order valence-corrected chi connectivity index (χ1v) is 5.85. The summed E-state index contributed by atoms with van der Waals surface area (Å²) >= 11 is 0. The Labute approximate surface area is 103 Å². The minimum Gasteiger partial charge on any atom is -0.405 e. The first-order chi connectivity index (χ1) is 8.02. The number of aromatic nitrogens is 2. The van der Waals surface area contributed by atoms with Gasteiger partial charge in [-0.25, -0.2) is 4.68 Å². The van der Waals surface area contributed by atoms with Gasteiger partial charge in [-0.05, 0) is 27.7 Å². The summed E-state index contributed by atoms with van der Waals surface area (Å²) in [6, 6.07) is 0. The first-order valence-electron chi connectivity index (χ1n) is 5.85. The molecule has 0 aromatic carbocycles. The fourth-order valence-corrected chi connectivity index (χ4v) is 1.39. The Morgan fingerprint density at radius 3 is 2.29 bits per heavy atom. The molecule has 0 N–H and O–H groups in total. The van der Waals surface area contributed by atoms with Crippen LogP contribution in [-0.4, -0.2) is 36.2 Å². The zero-order chi connectivity index (χ0) is 12.8. The van der Waals surface area contributed by atoms with Crippen LogP contribution in [0.25, 0.3) is 0 Å². The molecule has 96 valence electrons. The van der Waals surface area contributed by atoms with E-state index in [0.29, 0.717) is 6.73 Å². The lowest BCUT2D eigenvalue weighted by Gasteiger charge is -2.18. The fourth-order valence-electron chi connectivity index (χ4n) is 1.39. The van der Waals surface area contributed by atoms with Crippen LogP contribution in [0.5, 0.6) is 0 Å². The lowest BCUT2D eigenvalue weighted by Crippen LogP contribution is -2.40. The van der Waals surface area contributed by atoms with E-state index in [1.54, 1.807) is 18.0 Å². The minimum atomic E-state index is -0.374. The van der Waals surface area contributed by atoms with Gasteiger partial charge in [-0.15, -0.1) is 0 Å². The van der Waals surface area contributed by atoms with Crippen molar-refractivity contribution in [3.8, 4) is 0 Å². The average Bonchev–Trinajstić information content (AvgIpc) is 2.64. The second-order valence-corrected chi connectivity index (χ2v) is 4.43. The van der Waals surface area contributed by atoms with Gasteiger partial charge in [0.2, 0.25) is 0 Å². The van der Waals surface area contributed by atoms with Gasteiger partial charge in [0.1, 0.15) is 6.73 Å². The molecule has 0 amide bonds. The SMILES string of the molecule is COCn1cc(B(OC(C)C)OC(C)C)cn1. The van der Waals surface area contributed by atoms with Gasteiger partial charge >= 0.3 is 7.12 Å². The fraction of sp³-hybridized carbons (Fsp3) is 0.727. The van der Waals surface area contributed by atoms with E-state index in [0.717, 1.165) is 5.46 Å². The van der Waals surface area contributed by atoms with Gasteiger partial charge in [0.15, 0.2) is 0 Å². The molecule has 1 heterocycles. The van der Waals surface area contributed by atoms with Crippen molar-refractivity contribution < 1.29 is 14.0 Å². The number of nitrogens with zero attached hydrogens (tertiary/aromatic N) is 2. The summed E-state index contributed by atoms with van der Waals surface area (Å²) < 4.78 is 18.2. The maximum absolute atomic E-state index is 5.72. The van der Waals surface area contributed by atoms with Crippen molar-refractivity contribution in [3.05, 3.63) is 12.4 Å². The highest BCUT2D eigenvalue weighted by molar-refractivity contribution is 6.61. The van der Waals surface area contributed by atoms with Gasteiger partial charge in [-0.1, -0.05) is 0 Å². The van der Waals surface area contributed by atoms with Crippen molar-refractivity contribution in [2.75, 3.05) is 7.11 Å². The molecule has 0 bridgehead atoms. The number of rotatable bonds is 7. The normalized spacial score (nSPS) is 11.5. The van der Waals surface area contributed by atoms with Crippen molar-refractivity contribution in [2.45, 2.75) is 46.6 Å². The lowest BCUT2D eigenvalue weighted by molar-refractivity contribution is 0.120. The largest absolute Gasteiger partial charge is 0.497 e. The Bertz CT molecular complexity index is 318. The zero-order valence-electron chi connectivity index (χ0n) is 11.2. The van der Waals surface area contributed by atoms with Crippen molar-refractivity contribution in [2.24, 2.45) is 0 Å². The number of hydrogen-bond donors (Lipinski definition) is 0. The van der Waals surface area contributed by atoms with E-state index in [9.17, 15) is 0 Å². The van der Waals surface area contributed by atoms with Gasteiger partial charge in [0.05, 0.1) is 0 Å². The summed E-state index contributed by atoms with van der Waals surface area (Å²) in [4.78, 5) is 0. The van der Waals surface area contributed by atoms with E-state index < -0.39 is 0 Å². The molecule has 1 rings (SSSR count). The van der Waals surface area contributed by atoms with Crippen LogP contribution in [-0.2, 0) is 20.8 Å². The molecule has 0 atom stereocenters. The molecule has 0 radical (unpaired) electrons. The van der Waals surface area contributed by atoms with Crippen molar-refractivity contribution in [3.63, 3.8) is 0 Å². The molecule has 1 aromatic rings. The third kappa shape index (κ3) is 4.89. The van der Waals surface area contributed by atoms with E-state index >= 15 is 0 Å². The quantitative estimate of drug-likeness (QED) is 0.668. The topological polar surface area (TPSA) is 45.5 Å². The molecule has 0 spiro atoms. The molecule has 0 aliphatic carbocycles. The predicted molar refractivity (Wildman–Crippen MR) is 67.1 cm³/mol. The minimum absolute atomic E-state index is 0.101. The summed E-state index contributed by atoms with van der Waals surface area (Å²) in [7, 11) is 1.26. The second kappa shape index (κ2) is 6.78. The lowest BCUT2D eigenvalue weighted by atomic mass is 9.80. The standard InChI is InChI=1S/C11H21BN2O3/c1-9(2)16-12(17-10(3)4)11-6-13-14(7-11)8-15-5/h6-7,9-10H,8H2,1-5H3. The van der Waals surface area contributed by atoms with Crippen LogP contribution in [0.2, 0.25) is 0 Å². The van der Waals surface area contributed by atoms with Crippen LogP contribution in [0.3, 0.4) is 0 Å². The molecule has 0 unspecified atom stereocenters. The highest BCUT2D eigenvalue weighted by Crippen LogP contribution is 2.01. The number of hydrogen-bond acceptors (Lipinski definition) is 4. The Kier molecular flexibility index (Phi) is 5.67. The molecule has 0 fully saturated rings. The van der Waals surface area contributed by atoms with Crippen LogP contribution in [0, 0.1) is 0 Å². The third-order valence-electron chi connectivity index (χ3n) is 1.98. The molecule has 0 aliphatic heterocycles. The summed E-state index contributed by atoms with van der Waals surface area (Å²) in [6.45, 7) is 8.36. The molecule has 0 aliphatic rings. The monoisotopic (exact) mass is 240 g/mol. The molecule has 0 saturated heterocycles. The van der Waals surface area contributed by atoms with E-state index in [1.807, 2.05) is 33.9 Å². The smallest absolute Gasteiger partial charge is 0.405 e. The average molecular weight is 240 g/mol. The van der Waals surface area contributed by atoms with Crippen LogP contribution in [0.1, 0.15) is 27.7 Å². The van der Waals surface area contributed by atoms with Gasteiger partial charge in [0, 0.05) is 37.2 Å². The van der Waals surface area contributed by atoms with E-state index in [2.05, 4.69) is 5.10 Å². The zero-order valence-corrected chi connectivity index (χ0v) is 11.2. The Morgan fingerprint density at radius 2 is 1.82 bits per heavy atom. The molecular weight excluding hydrogens is 219 g/mol. The van der Waals surface area contributed by atoms with Gasteiger partial charge < -0.3 is 14.0 Å². The van der Waals surface area contributed by atoms with Crippen molar-refractivity contribution >= 4 is 12.6 Å². The molecule has 17 heavy (non-hydrogen) atoms. The molecule has 5 nitrogen and oxygen atoms in total. The van der Waals surface area contributed by atoms with Gasteiger partial charge in [0.25, 0.3) is 0 Å². The second-order valence-electron chi connectivity index (χ2n) is 4.43. The Morgan fingerprint density at radius 1 is 1.24 bits per heavy atom. The molecular formula is C11H21BN2O3. The third-order valence-corrected chi connectivity index (χ3v) is 1.98. The van der Waals surface area contributed by atoms with Gasteiger partial charge in [-0.2, -0.15) is 5.10 Å². The predicted octanol–water partition coefficient (Wildman–Crippen LogP) is 1.03. The Balaban J connectivity index is 2.72. The van der Waals surface area contributed by atoms with Crippen LogP contribution in [0.15, 0.2) is 12.4 Å². The van der Waals surface area contributed by atoms with Gasteiger partial charge in [-0.3, -0.25) is 0 Å². The van der Waals surface area contributed by atoms with Crippen molar-refractivity contribution in [1.29, 1.82) is 0 Å². The van der Waals surface area contributed by atoms with Crippen LogP contribution >= 0.6 is 0 Å². The van der Waals surface area contributed by atoms with E-state index in [1.165, 1.54) is 0 Å². The molecule has 0 saturated carbocycles. The first kappa shape index (κ1) is 14.2. The summed E-state index contributed by atoms with van der Waals surface area (Å²) in [5.41, 5.74) is 0.907. The van der Waals surface area contributed by atoms with Crippen molar-refractivity contribution in [1.82, 2.24) is 9.78 Å². The maximum atomic E-state index is 5.72. The van der Waals surface area contributed by atoms with E-state index in [-0.39, 0.29) is 19.3 Å². The Hall–Kier alpha value is -0.845. The number of ether oxygens (including phenoxy) is 1. The number of methoxy groups -OCH3 is 1. The molecule has 6 heteroatoms. The highest BCUT2D eigenvalue weighted by atomic mass is 16.6. The summed E-state index contributed by atoms with van der Waals surface area (Å²) in [6.07, 6.45) is 3.82. The summed E-state index contributed by atoms with van der Waals surface area (Å²) in [5, 5.41) is 4.17. The van der Waals surface area contributed by atoms with Crippen LogP contribution in [0.4, 0.5) is 0 Å². The van der Waals surface area contributed by atoms with Crippen LogP contribution < -0.4 is 5.46 Å². The molecule has 1 aromatic heterocycles.